The highest BCUT2D eigenvalue weighted by molar-refractivity contribution is 5.98. The molecule has 122 valence electrons. The molecule has 0 unspecified atom stereocenters. The van der Waals surface area contributed by atoms with E-state index < -0.39 is 11.8 Å². The van der Waals surface area contributed by atoms with Gasteiger partial charge in [0.15, 0.2) is 5.76 Å². The van der Waals surface area contributed by atoms with Crippen LogP contribution in [0.4, 0.5) is 0 Å². The molecule has 2 rings (SSSR count). The average Bonchev–Trinajstić information content (AvgIpc) is 3.02. The van der Waals surface area contributed by atoms with Gasteiger partial charge in [-0.2, -0.15) is 0 Å². The summed E-state index contributed by atoms with van der Waals surface area (Å²) in [6, 6.07) is 9.72. The summed E-state index contributed by atoms with van der Waals surface area (Å²) in [6.07, 6.45) is 0. The molecule has 2 N–H and O–H groups in total. The molecule has 0 atom stereocenters. The van der Waals surface area contributed by atoms with Crippen LogP contribution < -0.4 is 15.6 Å². The van der Waals surface area contributed by atoms with E-state index >= 15 is 0 Å². The molecule has 1 aromatic heterocycles. The van der Waals surface area contributed by atoms with Gasteiger partial charge >= 0.3 is 5.91 Å². The summed E-state index contributed by atoms with van der Waals surface area (Å²) in [5.41, 5.74) is 5.00. The standard InChI is InChI=1S/C16H18N2O5/c1-3-22-12-6-4-11(5-7-12)15(19)17-18-16(20)14-9-8-13(23-14)10-21-2/h4-9H,3,10H2,1-2H3,(H,17,19)(H,18,20). The molecule has 0 aliphatic carbocycles. The monoisotopic (exact) mass is 318 g/mol. The zero-order valence-corrected chi connectivity index (χ0v) is 12.9. The molecule has 0 saturated carbocycles. The van der Waals surface area contributed by atoms with Gasteiger partial charge in [-0.3, -0.25) is 20.4 Å². The molecule has 1 heterocycles. The number of rotatable bonds is 6. The summed E-state index contributed by atoms with van der Waals surface area (Å²) in [7, 11) is 1.53. The number of hydrogen-bond acceptors (Lipinski definition) is 5. The summed E-state index contributed by atoms with van der Waals surface area (Å²) in [5.74, 6) is 0.297. The lowest BCUT2D eigenvalue weighted by Gasteiger charge is -2.07. The maximum Gasteiger partial charge on any atom is 0.305 e. The lowest BCUT2D eigenvalue weighted by molar-refractivity contribution is 0.0826. The number of hydrogen-bond donors (Lipinski definition) is 2. The normalized spacial score (nSPS) is 10.2. The topological polar surface area (TPSA) is 89.8 Å². The van der Waals surface area contributed by atoms with E-state index in [0.717, 1.165) is 0 Å². The van der Waals surface area contributed by atoms with E-state index in [1.807, 2.05) is 6.92 Å². The summed E-state index contributed by atoms with van der Waals surface area (Å²) in [4.78, 5) is 23.8. The number of carbonyl (C=O) groups is 2. The molecule has 0 fully saturated rings. The summed E-state index contributed by atoms with van der Waals surface area (Å²) in [6.45, 7) is 2.70. The molecule has 7 heteroatoms. The molecule has 2 aromatic rings. The number of amides is 2. The zero-order chi connectivity index (χ0) is 16.7. The number of carbonyl (C=O) groups excluding carboxylic acids is 2. The van der Waals surface area contributed by atoms with Crippen LogP contribution in [0, 0.1) is 0 Å². The summed E-state index contributed by atoms with van der Waals surface area (Å²) < 4.78 is 15.5. The number of ether oxygens (including phenoxy) is 2. The van der Waals surface area contributed by atoms with Gasteiger partial charge in [0.1, 0.15) is 18.1 Å². The maximum atomic E-state index is 11.9. The molecule has 0 aliphatic heterocycles. The molecule has 1 aromatic carbocycles. The van der Waals surface area contributed by atoms with Crippen molar-refractivity contribution in [2.75, 3.05) is 13.7 Å². The number of furan rings is 1. The second-order valence-electron chi connectivity index (χ2n) is 4.56. The minimum atomic E-state index is -0.549. The highest BCUT2D eigenvalue weighted by Gasteiger charge is 2.13. The smallest absolute Gasteiger partial charge is 0.305 e. The predicted octanol–water partition coefficient (Wildman–Crippen LogP) is 1.90. The Balaban J connectivity index is 1.88. The largest absolute Gasteiger partial charge is 0.494 e. The zero-order valence-electron chi connectivity index (χ0n) is 12.9. The van der Waals surface area contributed by atoms with Crippen LogP contribution in [0.1, 0.15) is 33.6 Å². The molecular formula is C16H18N2O5. The first-order valence-corrected chi connectivity index (χ1v) is 7.05. The molecule has 0 saturated heterocycles. The number of methoxy groups -OCH3 is 1. The van der Waals surface area contributed by atoms with Crippen LogP contribution in [0.5, 0.6) is 5.75 Å². The van der Waals surface area contributed by atoms with Crippen LogP contribution in [0.15, 0.2) is 40.8 Å². The van der Waals surface area contributed by atoms with Crippen LogP contribution in [-0.4, -0.2) is 25.5 Å². The molecule has 0 spiro atoms. The van der Waals surface area contributed by atoms with Crippen molar-refractivity contribution in [2.45, 2.75) is 13.5 Å². The lowest BCUT2D eigenvalue weighted by Crippen LogP contribution is -2.41. The van der Waals surface area contributed by atoms with Gasteiger partial charge in [0, 0.05) is 12.7 Å². The lowest BCUT2D eigenvalue weighted by atomic mass is 10.2. The van der Waals surface area contributed by atoms with Gasteiger partial charge in [0.25, 0.3) is 5.91 Å². The minimum Gasteiger partial charge on any atom is -0.494 e. The van der Waals surface area contributed by atoms with E-state index in [1.54, 1.807) is 30.3 Å². The minimum absolute atomic E-state index is 0.0871. The second-order valence-corrected chi connectivity index (χ2v) is 4.56. The Bertz CT molecular complexity index is 663. The van der Waals surface area contributed by atoms with Crippen molar-refractivity contribution in [3.63, 3.8) is 0 Å². The molecular weight excluding hydrogens is 300 g/mol. The third kappa shape index (κ3) is 4.58. The molecule has 7 nitrogen and oxygen atoms in total. The number of benzene rings is 1. The molecule has 23 heavy (non-hydrogen) atoms. The summed E-state index contributed by atoms with van der Waals surface area (Å²) >= 11 is 0. The Kier molecular flexibility index (Phi) is 5.76. The van der Waals surface area contributed by atoms with Crippen molar-refractivity contribution in [3.8, 4) is 5.75 Å². The first kappa shape index (κ1) is 16.6. The summed E-state index contributed by atoms with van der Waals surface area (Å²) in [5, 5.41) is 0. The van der Waals surface area contributed by atoms with Crippen LogP contribution in [0.25, 0.3) is 0 Å². The number of nitrogens with one attached hydrogen (secondary N) is 2. The van der Waals surface area contributed by atoms with E-state index in [9.17, 15) is 9.59 Å². The van der Waals surface area contributed by atoms with E-state index in [2.05, 4.69) is 10.9 Å². The van der Waals surface area contributed by atoms with Gasteiger partial charge in [-0.1, -0.05) is 0 Å². The Morgan fingerprint density at radius 1 is 1.04 bits per heavy atom. The van der Waals surface area contributed by atoms with Crippen LogP contribution >= 0.6 is 0 Å². The highest BCUT2D eigenvalue weighted by Crippen LogP contribution is 2.12. The SMILES string of the molecule is CCOc1ccc(C(=O)NNC(=O)c2ccc(COC)o2)cc1. The van der Waals surface area contributed by atoms with Gasteiger partial charge in [0.05, 0.1) is 6.61 Å². The van der Waals surface area contributed by atoms with E-state index in [-0.39, 0.29) is 12.4 Å². The van der Waals surface area contributed by atoms with Crippen LogP contribution in [-0.2, 0) is 11.3 Å². The van der Waals surface area contributed by atoms with Crippen molar-refractivity contribution in [3.05, 3.63) is 53.5 Å². The Hall–Kier alpha value is -2.80. The molecule has 0 bridgehead atoms. The van der Waals surface area contributed by atoms with E-state index in [0.29, 0.717) is 23.7 Å². The Morgan fingerprint density at radius 3 is 2.39 bits per heavy atom. The quantitative estimate of drug-likeness (QED) is 0.794. The Labute approximate surface area is 133 Å². The van der Waals surface area contributed by atoms with Crippen LogP contribution in [0.3, 0.4) is 0 Å². The van der Waals surface area contributed by atoms with Gasteiger partial charge in [0.2, 0.25) is 0 Å². The fourth-order valence-electron chi connectivity index (χ4n) is 1.84. The fraction of sp³-hybridized carbons (Fsp3) is 0.250. The Morgan fingerprint density at radius 2 is 1.74 bits per heavy atom. The molecule has 2 amide bonds. The first-order valence-electron chi connectivity index (χ1n) is 7.05. The third-order valence-electron chi connectivity index (χ3n) is 2.89. The van der Waals surface area contributed by atoms with Crippen molar-refractivity contribution in [1.29, 1.82) is 0 Å². The van der Waals surface area contributed by atoms with Gasteiger partial charge in [-0.15, -0.1) is 0 Å². The van der Waals surface area contributed by atoms with Crippen molar-refractivity contribution >= 4 is 11.8 Å². The van der Waals surface area contributed by atoms with Crippen molar-refractivity contribution in [2.24, 2.45) is 0 Å². The maximum absolute atomic E-state index is 11.9. The van der Waals surface area contributed by atoms with Gasteiger partial charge in [-0.25, -0.2) is 0 Å². The van der Waals surface area contributed by atoms with Crippen molar-refractivity contribution < 1.29 is 23.5 Å². The highest BCUT2D eigenvalue weighted by atomic mass is 16.5. The van der Waals surface area contributed by atoms with Crippen molar-refractivity contribution in [1.82, 2.24) is 10.9 Å². The molecule has 0 radical (unpaired) electrons. The first-order chi connectivity index (χ1) is 11.1. The second kappa shape index (κ2) is 8.00. The third-order valence-corrected chi connectivity index (χ3v) is 2.89. The van der Waals surface area contributed by atoms with E-state index in [1.165, 1.54) is 13.2 Å². The van der Waals surface area contributed by atoms with Gasteiger partial charge in [-0.05, 0) is 43.3 Å². The average molecular weight is 318 g/mol. The van der Waals surface area contributed by atoms with Crippen LogP contribution in [0.2, 0.25) is 0 Å². The van der Waals surface area contributed by atoms with Gasteiger partial charge < -0.3 is 13.9 Å². The molecule has 0 aliphatic rings. The van der Waals surface area contributed by atoms with E-state index in [4.69, 9.17) is 13.9 Å². The fourth-order valence-corrected chi connectivity index (χ4v) is 1.84. The predicted molar refractivity (Wildman–Crippen MR) is 82.0 cm³/mol. The number of hydrazine groups is 1.